The Morgan fingerprint density at radius 1 is 1.16 bits per heavy atom. The van der Waals surface area contributed by atoms with Gasteiger partial charge in [0.05, 0.1) is 6.10 Å². The summed E-state index contributed by atoms with van der Waals surface area (Å²) in [4.78, 5) is 0. The highest BCUT2D eigenvalue weighted by Crippen LogP contribution is 2.39. The van der Waals surface area contributed by atoms with Crippen LogP contribution in [0.25, 0.3) is 10.8 Å². The Morgan fingerprint density at radius 2 is 1.89 bits per heavy atom. The van der Waals surface area contributed by atoms with Gasteiger partial charge in [0.1, 0.15) is 12.2 Å². The summed E-state index contributed by atoms with van der Waals surface area (Å²) >= 11 is 0. The largest absolute Gasteiger partial charge is 0.387 e. The molecule has 3 heteroatoms. The van der Waals surface area contributed by atoms with Crippen LogP contribution in [-0.2, 0) is 4.74 Å². The first-order chi connectivity index (χ1) is 9.22. The monoisotopic (exact) mass is 260 g/mol. The van der Waals surface area contributed by atoms with Crippen LogP contribution >= 0.6 is 0 Å². The van der Waals surface area contributed by atoms with Crippen LogP contribution in [0.2, 0.25) is 0 Å². The lowest BCUT2D eigenvalue weighted by Gasteiger charge is -2.16. The molecule has 0 aromatic heterocycles. The molecule has 2 nitrogen and oxygen atoms in total. The van der Waals surface area contributed by atoms with Crippen molar-refractivity contribution in [2.24, 2.45) is 0 Å². The molecule has 1 saturated heterocycles. The van der Waals surface area contributed by atoms with Crippen LogP contribution in [0.1, 0.15) is 25.0 Å². The third-order valence-corrected chi connectivity index (χ3v) is 3.85. The van der Waals surface area contributed by atoms with E-state index in [1.165, 1.54) is 0 Å². The summed E-state index contributed by atoms with van der Waals surface area (Å²) in [5.74, 6) is 0. The highest BCUT2D eigenvalue weighted by molar-refractivity contribution is 5.86. The molecule has 2 aromatic rings. The van der Waals surface area contributed by atoms with Crippen molar-refractivity contribution < 1.29 is 14.2 Å². The molecule has 100 valence electrons. The number of fused-ring (bicyclic) bond motifs is 1. The van der Waals surface area contributed by atoms with Crippen LogP contribution < -0.4 is 0 Å². The van der Waals surface area contributed by atoms with Crippen LogP contribution in [0.5, 0.6) is 0 Å². The summed E-state index contributed by atoms with van der Waals surface area (Å²) in [5, 5.41) is 11.9. The second-order valence-electron chi connectivity index (χ2n) is 5.01. The van der Waals surface area contributed by atoms with E-state index < -0.39 is 24.5 Å². The Bertz CT molecular complexity index is 578. The number of aliphatic hydroxyl groups is 1. The molecule has 1 N–H and O–H groups in total. The summed E-state index contributed by atoms with van der Waals surface area (Å²) < 4.78 is 20.0. The van der Waals surface area contributed by atoms with E-state index in [1.807, 2.05) is 49.4 Å². The van der Waals surface area contributed by atoms with Gasteiger partial charge in [-0.15, -0.1) is 0 Å². The summed E-state index contributed by atoms with van der Waals surface area (Å²) in [6.45, 7) is 1.89. The predicted octanol–water partition coefficient (Wildman–Crippen LogP) is 3.39. The van der Waals surface area contributed by atoms with Crippen molar-refractivity contribution in [3.8, 4) is 0 Å². The minimum absolute atomic E-state index is 0.418. The van der Waals surface area contributed by atoms with Crippen molar-refractivity contribution in [3.63, 3.8) is 0 Å². The molecule has 4 atom stereocenters. The fourth-order valence-electron chi connectivity index (χ4n) is 2.81. The first-order valence-electron chi connectivity index (χ1n) is 6.67. The van der Waals surface area contributed by atoms with Crippen molar-refractivity contribution in [2.75, 3.05) is 0 Å². The summed E-state index contributed by atoms with van der Waals surface area (Å²) in [6, 6.07) is 13.6. The van der Waals surface area contributed by atoms with E-state index in [2.05, 4.69) is 0 Å². The third-order valence-electron chi connectivity index (χ3n) is 3.85. The molecule has 2 aromatic carbocycles. The van der Waals surface area contributed by atoms with Gasteiger partial charge < -0.3 is 9.84 Å². The van der Waals surface area contributed by atoms with Gasteiger partial charge in [-0.1, -0.05) is 49.4 Å². The summed E-state index contributed by atoms with van der Waals surface area (Å²) in [7, 11) is 0. The average Bonchev–Trinajstić information content (AvgIpc) is 2.74. The van der Waals surface area contributed by atoms with E-state index in [0.29, 0.717) is 6.42 Å². The van der Waals surface area contributed by atoms with Crippen molar-refractivity contribution in [1.29, 1.82) is 0 Å². The second kappa shape index (κ2) is 4.91. The molecule has 1 aliphatic rings. The van der Waals surface area contributed by atoms with Gasteiger partial charge in [0.15, 0.2) is 6.17 Å². The molecule has 1 fully saturated rings. The maximum Gasteiger partial charge on any atom is 0.159 e. The molecule has 0 amide bonds. The maximum absolute atomic E-state index is 14.3. The molecule has 1 heterocycles. The van der Waals surface area contributed by atoms with E-state index in [0.717, 1.165) is 16.3 Å². The molecule has 0 saturated carbocycles. The zero-order valence-electron chi connectivity index (χ0n) is 10.8. The molecule has 0 bridgehead atoms. The van der Waals surface area contributed by atoms with Crippen LogP contribution in [0, 0.1) is 0 Å². The van der Waals surface area contributed by atoms with Crippen LogP contribution in [0.4, 0.5) is 4.39 Å². The minimum Gasteiger partial charge on any atom is -0.387 e. The molecule has 0 spiro atoms. The Balaban J connectivity index is 2.05. The van der Waals surface area contributed by atoms with Gasteiger partial charge in [-0.3, -0.25) is 0 Å². The Labute approximate surface area is 111 Å². The number of aliphatic hydroxyl groups excluding tert-OH is 1. The van der Waals surface area contributed by atoms with E-state index >= 15 is 0 Å². The molecule has 1 aliphatic heterocycles. The lowest BCUT2D eigenvalue weighted by Crippen LogP contribution is -2.26. The fraction of sp³-hybridized carbons (Fsp3) is 0.375. The number of hydrogen-bond donors (Lipinski definition) is 1. The van der Waals surface area contributed by atoms with Gasteiger partial charge >= 0.3 is 0 Å². The van der Waals surface area contributed by atoms with Crippen molar-refractivity contribution in [2.45, 2.75) is 37.8 Å². The lowest BCUT2D eigenvalue weighted by atomic mass is 9.96. The van der Waals surface area contributed by atoms with Crippen LogP contribution in [0.3, 0.4) is 0 Å². The smallest absolute Gasteiger partial charge is 0.159 e. The Kier molecular flexibility index (Phi) is 3.25. The van der Waals surface area contributed by atoms with Crippen molar-refractivity contribution in [1.82, 2.24) is 0 Å². The van der Waals surface area contributed by atoms with Gasteiger partial charge in [0, 0.05) is 0 Å². The molecule has 19 heavy (non-hydrogen) atoms. The molecule has 0 radical (unpaired) electrons. The first kappa shape index (κ1) is 12.6. The number of rotatable bonds is 2. The van der Waals surface area contributed by atoms with Crippen LogP contribution in [0.15, 0.2) is 42.5 Å². The number of benzene rings is 2. The minimum atomic E-state index is -1.37. The topological polar surface area (TPSA) is 29.5 Å². The number of ether oxygens (including phenoxy) is 1. The lowest BCUT2D eigenvalue weighted by molar-refractivity contribution is 0.00792. The predicted molar refractivity (Wildman–Crippen MR) is 72.8 cm³/mol. The zero-order chi connectivity index (χ0) is 13.4. The molecule has 0 unspecified atom stereocenters. The van der Waals surface area contributed by atoms with E-state index in [-0.39, 0.29) is 0 Å². The third kappa shape index (κ3) is 2.03. The van der Waals surface area contributed by atoms with Gasteiger partial charge in [-0.25, -0.2) is 4.39 Å². The zero-order valence-corrected chi connectivity index (χ0v) is 10.8. The fourth-order valence-corrected chi connectivity index (χ4v) is 2.81. The number of alkyl halides is 1. The van der Waals surface area contributed by atoms with Crippen LogP contribution in [-0.4, -0.2) is 23.5 Å². The quantitative estimate of drug-likeness (QED) is 0.897. The normalized spacial score (nSPS) is 30.9. The Hall–Kier alpha value is -1.45. The standard InChI is InChI=1S/C16H17FO2/c1-2-13-15(18)14(17)16(19-13)12-9-5-7-10-6-3-4-8-11(10)12/h3-9,13-16,18H,2H2,1H3/t13-,14-,15-,16+/m1/s1. The van der Waals surface area contributed by atoms with Crippen molar-refractivity contribution in [3.05, 3.63) is 48.0 Å². The Morgan fingerprint density at radius 3 is 2.63 bits per heavy atom. The molecular weight excluding hydrogens is 243 g/mol. The highest BCUT2D eigenvalue weighted by Gasteiger charge is 2.44. The van der Waals surface area contributed by atoms with Gasteiger partial charge in [0.25, 0.3) is 0 Å². The second-order valence-corrected chi connectivity index (χ2v) is 5.01. The molecule has 3 rings (SSSR count). The average molecular weight is 260 g/mol. The maximum atomic E-state index is 14.3. The molecule has 0 aliphatic carbocycles. The number of halogens is 1. The van der Waals surface area contributed by atoms with E-state index in [9.17, 15) is 9.50 Å². The summed E-state index contributed by atoms with van der Waals surface area (Å²) in [6.07, 6.45) is -2.88. The highest BCUT2D eigenvalue weighted by atomic mass is 19.1. The van der Waals surface area contributed by atoms with Gasteiger partial charge in [0.2, 0.25) is 0 Å². The summed E-state index contributed by atoms with van der Waals surface area (Å²) in [5.41, 5.74) is 0.820. The van der Waals surface area contributed by atoms with Crippen molar-refractivity contribution >= 4 is 10.8 Å². The molecular formula is C16H17FO2. The first-order valence-corrected chi connectivity index (χ1v) is 6.67. The van der Waals surface area contributed by atoms with Gasteiger partial charge in [-0.05, 0) is 22.8 Å². The number of hydrogen-bond acceptors (Lipinski definition) is 2. The van der Waals surface area contributed by atoms with E-state index in [1.54, 1.807) is 0 Å². The van der Waals surface area contributed by atoms with E-state index in [4.69, 9.17) is 4.74 Å². The van der Waals surface area contributed by atoms with Gasteiger partial charge in [-0.2, -0.15) is 0 Å². The SMILES string of the molecule is CC[C@H]1O[C@@H](c2cccc3ccccc23)[C@H](F)[C@@H]1O.